The summed E-state index contributed by atoms with van der Waals surface area (Å²) in [6.07, 6.45) is 0.562. The molecular formula is C18H16BrNO4. The van der Waals surface area contributed by atoms with Crippen molar-refractivity contribution in [2.45, 2.75) is 13.5 Å². The van der Waals surface area contributed by atoms with E-state index < -0.39 is 12.1 Å². The number of carbonyl (C=O) groups excluding carboxylic acids is 1. The van der Waals surface area contributed by atoms with Gasteiger partial charge in [-0.05, 0) is 35.8 Å². The van der Waals surface area contributed by atoms with Crippen molar-refractivity contribution in [3.63, 3.8) is 0 Å². The van der Waals surface area contributed by atoms with Crippen LogP contribution in [0, 0.1) is 6.92 Å². The Morgan fingerprint density at radius 1 is 1.21 bits per heavy atom. The van der Waals surface area contributed by atoms with Crippen LogP contribution in [0.2, 0.25) is 0 Å². The van der Waals surface area contributed by atoms with Crippen molar-refractivity contribution in [2.24, 2.45) is 0 Å². The first kappa shape index (κ1) is 17.7. The topological polar surface area (TPSA) is 75.6 Å². The van der Waals surface area contributed by atoms with Gasteiger partial charge in [0.1, 0.15) is 12.3 Å². The van der Waals surface area contributed by atoms with Crippen molar-refractivity contribution in [3.8, 4) is 0 Å². The number of rotatable bonds is 5. The van der Waals surface area contributed by atoms with Gasteiger partial charge in [0, 0.05) is 4.47 Å². The average molecular weight is 390 g/mol. The lowest BCUT2D eigenvalue weighted by Crippen LogP contribution is -2.27. The van der Waals surface area contributed by atoms with E-state index in [2.05, 4.69) is 21.2 Å². The van der Waals surface area contributed by atoms with E-state index in [1.165, 1.54) is 6.08 Å². The molecule has 2 rings (SSSR count). The number of aliphatic carboxylic acids is 1. The van der Waals surface area contributed by atoms with Crippen LogP contribution in [0.3, 0.4) is 0 Å². The third-order valence-corrected chi connectivity index (χ3v) is 4.06. The van der Waals surface area contributed by atoms with Gasteiger partial charge in [0.25, 0.3) is 0 Å². The zero-order chi connectivity index (χ0) is 17.5. The second kappa shape index (κ2) is 8.31. The van der Waals surface area contributed by atoms with Gasteiger partial charge in [-0.3, -0.25) is 5.32 Å². The summed E-state index contributed by atoms with van der Waals surface area (Å²) in [5.41, 5.74) is 2.18. The molecule has 0 heterocycles. The van der Waals surface area contributed by atoms with Crippen LogP contribution in [0.25, 0.3) is 6.08 Å². The second-order valence-electron chi connectivity index (χ2n) is 5.06. The summed E-state index contributed by atoms with van der Waals surface area (Å²) >= 11 is 3.38. The summed E-state index contributed by atoms with van der Waals surface area (Å²) in [4.78, 5) is 23.1. The number of aryl methyl sites for hydroxylation is 1. The van der Waals surface area contributed by atoms with Crippen molar-refractivity contribution in [2.75, 3.05) is 0 Å². The third-order valence-electron chi connectivity index (χ3n) is 3.17. The Morgan fingerprint density at radius 3 is 2.54 bits per heavy atom. The maximum Gasteiger partial charge on any atom is 0.412 e. The quantitative estimate of drug-likeness (QED) is 0.754. The van der Waals surface area contributed by atoms with Crippen LogP contribution in [-0.4, -0.2) is 17.2 Å². The molecule has 2 N–H and O–H groups in total. The number of halogens is 1. The van der Waals surface area contributed by atoms with Crippen molar-refractivity contribution in [1.29, 1.82) is 0 Å². The molecule has 0 saturated heterocycles. The molecule has 0 aliphatic carbocycles. The number of hydrogen-bond donors (Lipinski definition) is 2. The standard InChI is InChI=1S/C18H16BrNO4/c1-12-9-14(7-8-15(12)19)10-16(17(21)22)20-18(23)24-11-13-5-3-2-4-6-13/h2-10H,11H2,1H3,(H,20,23)(H,21,22)/b16-10+. The summed E-state index contributed by atoms with van der Waals surface area (Å²) in [7, 11) is 0. The molecule has 0 radical (unpaired) electrons. The second-order valence-corrected chi connectivity index (χ2v) is 5.91. The predicted molar refractivity (Wildman–Crippen MR) is 94.3 cm³/mol. The van der Waals surface area contributed by atoms with Crippen LogP contribution in [0.4, 0.5) is 4.79 Å². The highest BCUT2D eigenvalue weighted by molar-refractivity contribution is 9.10. The Morgan fingerprint density at radius 2 is 1.92 bits per heavy atom. The van der Waals surface area contributed by atoms with Crippen LogP contribution >= 0.6 is 15.9 Å². The van der Waals surface area contributed by atoms with Crippen LogP contribution in [0.1, 0.15) is 16.7 Å². The number of alkyl carbamates (subject to hydrolysis) is 1. The summed E-state index contributed by atoms with van der Waals surface area (Å²) in [5, 5.41) is 11.5. The van der Waals surface area contributed by atoms with Gasteiger partial charge in [-0.2, -0.15) is 0 Å². The molecule has 0 bridgehead atoms. The van der Waals surface area contributed by atoms with E-state index >= 15 is 0 Å². The number of benzene rings is 2. The third kappa shape index (κ3) is 5.24. The van der Waals surface area contributed by atoms with E-state index in [1.54, 1.807) is 6.07 Å². The van der Waals surface area contributed by atoms with Crippen LogP contribution in [0.15, 0.2) is 58.7 Å². The molecule has 2 aromatic carbocycles. The number of carboxylic acids is 1. The minimum atomic E-state index is -1.24. The van der Waals surface area contributed by atoms with E-state index in [4.69, 9.17) is 4.74 Å². The number of carboxylic acid groups (broad SMARTS) is 1. The molecule has 2 aromatic rings. The van der Waals surface area contributed by atoms with Gasteiger partial charge in [0.05, 0.1) is 0 Å². The minimum absolute atomic E-state index is 0.0664. The molecule has 24 heavy (non-hydrogen) atoms. The lowest BCUT2D eigenvalue weighted by atomic mass is 10.1. The Kier molecular flexibility index (Phi) is 6.14. The van der Waals surface area contributed by atoms with Gasteiger partial charge in [-0.1, -0.05) is 58.4 Å². The van der Waals surface area contributed by atoms with Gasteiger partial charge < -0.3 is 9.84 Å². The van der Waals surface area contributed by atoms with Crippen molar-refractivity contribution in [1.82, 2.24) is 5.32 Å². The fourth-order valence-electron chi connectivity index (χ4n) is 1.94. The predicted octanol–water partition coefficient (Wildman–Crippen LogP) is 4.11. The Labute approximate surface area is 148 Å². The number of hydrogen-bond acceptors (Lipinski definition) is 3. The zero-order valence-electron chi connectivity index (χ0n) is 13.0. The molecule has 0 aliphatic heterocycles. The van der Waals surface area contributed by atoms with Gasteiger partial charge in [-0.15, -0.1) is 0 Å². The summed E-state index contributed by atoms with van der Waals surface area (Å²) in [6, 6.07) is 14.5. The molecule has 124 valence electrons. The molecule has 0 spiro atoms. The molecule has 0 atom stereocenters. The monoisotopic (exact) mass is 389 g/mol. The highest BCUT2D eigenvalue weighted by Gasteiger charge is 2.13. The first-order valence-corrected chi connectivity index (χ1v) is 7.94. The maximum atomic E-state index is 11.8. The van der Waals surface area contributed by atoms with Gasteiger partial charge in [0.15, 0.2) is 0 Å². The van der Waals surface area contributed by atoms with Gasteiger partial charge in [-0.25, -0.2) is 9.59 Å². The highest BCUT2D eigenvalue weighted by atomic mass is 79.9. The lowest BCUT2D eigenvalue weighted by Gasteiger charge is -2.08. The molecule has 6 heteroatoms. The first-order chi connectivity index (χ1) is 11.5. The van der Waals surface area contributed by atoms with Crippen molar-refractivity contribution < 1.29 is 19.4 Å². The number of amides is 1. The number of carbonyl (C=O) groups is 2. The Hall–Kier alpha value is -2.60. The number of ether oxygens (including phenoxy) is 1. The molecule has 0 unspecified atom stereocenters. The Bertz CT molecular complexity index is 772. The molecule has 1 amide bonds. The van der Waals surface area contributed by atoms with Crippen LogP contribution < -0.4 is 5.32 Å². The normalized spacial score (nSPS) is 11.0. The molecule has 0 fully saturated rings. The number of nitrogens with one attached hydrogen (secondary N) is 1. The largest absolute Gasteiger partial charge is 0.477 e. The van der Waals surface area contributed by atoms with Crippen LogP contribution in [-0.2, 0) is 16.1 Å². The fourth-order valence-corrected chi connectivity index (χ4v) is 2.19. The molecule has 0 saturated carbocycles. The summed E-state index contributed by atoms with van der Waals surface area (Å²) in [6.45, 7) is 1.96. The SMILES string of the molecule is Cc1cc(/C=C(/NC(=O)OCc2ccccc2)C(=O)O)ccc1Br. The maximum absolute atomic E-state index is 11.8. The smallest absolute Gasteiger partial charge is 0.412 e. The molecule has 0 aliphatic rings. The molecule has 5 nitrogen and oxygen atoms in total. The molecular weight excluding hydrogens is 374 g/mol. The van der Waals surface area contributed by atoms with Gasteiger partial charge in [0.2, 0.25) is 0 Å². The average Bonchev–Trinajstić information content (AvgIpc) is 2.56. The van der Waals surface area contributed by atoms with E-state index in [9.17, 15) is 14.7 Å². The first-order valence-electron chi connectivity index (χ1n) is 7.14. The molecule has 0 aromatic heterocycles. The Balaban J connectivity index is 2.04. The van der Waals surface area contributed by atoms with E-state index in [0.29, 0.717) is 5.56 Å². The lowest BCUT2D eigenvalue weighted by molar-refractivity contribution is -0.132. The van der Waals surface area contributed by atoms with E-state index in [0.717, 1.165) is 15.6 Å². The minimum Gasteiger partial charge on any atom is -0.477 e. The fraction of sp³-hybridized carbons (Fsp3) is 0.111. The summed E-state index contributed by atoms with van der Waals surface area (Å²) in [5.74, 6) is -1.24. The zero-order valence-corrected chi connectivity index (χ0v) is 14.5. The highest BCUT2D eigenvalue weighted by Crippen LogP contribution is 2.18. The van der Waals surface area contributed by atoms with Gasteiger partial charge >= 0.3 is 12.1 Å². The van der Waals surface area contributed by atoms with Crippen molar-refractivity contribution in [3.05, 3.63) is 75.4 Å². The van der Waals surface area contributed by atoms with Crippen molar-refractivity contribution >= 4 is 34.1 Å². The van der Waals surface area contributed by atoms with Crippen LogP contribution in [0.5, 0.6) is 0 Å². The van der Waals surface area contributed by atoms with E-state index in [1.807, 2.05) is 49.4 Å². The van der Waals surface area contributed by atoms with E-state index in [-0.39, 0.29) is 12.3 Å². The summed E-state index contributed by atoms with van der Waals surface area (Å²) < 4.78 is 5.95.